The molecular formula is C11H14N2O3. The van der Waals surface area contributed by atoms with Crippen molar-refractivity contribution in [3.8, 4) is 0 Å². The van der Waals surface area contributed by atoms with E-state index in [0.29, 0.717) is 13.2 Å². The second kappa shape index (κ2) is 4.57. The number of ether oxygens (including phenoxy) is 1. The van der Waals surface area contributed by atoms with Gasteiger partial charge in [0, 0.05) is 18.6 Å². The molecule has 1 unspecified atom stereocenters. The van der Waals surface area contributed by atoms with E-state index in [2.05, 4.69) is 5.10 Å². The molecule has 1 fully saturated rings. The van der Waals surface area contributed by atoms with Gasteiger partial charge in [0.2, 0.25) is 0 Å². The van der Waals surface area contributed by atoms with Crippen LogP contribution in [0.3, 0.4) is 0 Å². The summed E-state index contributed by atoms with van der Waals surface area (Å²) in [6.07, 6.45) is 0.749. The molecule has 1 saturated heterocycles. The molecule has 0 N–H and O–H groups in total. The number of aromatic nitrogens is 2. The van der Waals surface area contributed by atoms with E-state index in [4.69, 9.17) is 4.74 Å². The van der Waals surface area contributed by atoms with Gasteiger partial charge in [-0.15, -0.1) is 0 Å². The number of hydrogen-bond donors (Lipinski definition) is 0. The first-order valence-corrected chi connectivity index (χ1v) is 5.32. The first-order valence-electron chi connectivity index (χ1n) is 5.32. The fraction of sp³-hybridized carbons (Fsp3) is 0.545. The quantitative estimate of drug-likeness (QED) is 0.730. The smallest absolute Gasteiger partial charge is 0.267 e. The number of aryl methyl sites for hydroxylation is 1. The maximum absolute atomic E-state index is 11.8. The summed E-state index contributed by atoms with van der Waals surface area (Å²) < 4.78 is 6.36. The van der Waals surface area contributed by atoms with Gasteiger partial charge in [0.15, 0.2) is 5.78 Å². The second-order valence-electron chi connectivity index (χ2n) is 4.00. The molecule has 0 amide bonds. The molecule has 0 radical (unpaired) electrons. The zero-order valence-electron chi connectivity index (χ0n) is 9.18. The minimum absolute atomic E-state index is 0.0256. The van der Waals surface area contributed by atoms with Crippen molar-refractivity contribution in [2.24, 2.45) is 5.92 Å². The van der Waals surface area contributed by atoms with Crippen molar-refractivity contribution in [3.63, 3.8) is 0 Å². The van der Waals surface area contributed by atoms with Crippen LogP contribution < -0.4 is 5.56 Å². The lowest BCUT2D eigenvalue weighted by molar-refractivity contribution is -0.123. The number of carbonyl (C=O) groups excluding carboxylic acids is 1. The molecule has 0 saturated carbocycles. The largest absolute Gasteiger partial charge is 0.381 e. The van der Waals surface area contributed by atoms with Crippen LogP contribution in [0.4, 0.5) is 0 Å². The van der Waals surface area contributed by atoms with Crippen LogP contribution in [0.2, 0.25) is 0 Å². The van der Waals surface area contributed by atoms with Crippen LogP contribution in [-0.2, 0) is 16.1 Å². The first kappa shape index (κ1) is 11.0. The highest BCUT2D eigenvalue weighted by atomic mass is 16.5. The molecule has 1 aromatic rings. The third-order valence-corrected chi connectivity index (χ3v) is 2.69. The van der Waals surface area contributed by atoms with Crippen LogP contribution in [0.25, 0.3) is 0 Å². The molecule has 86 valence electrons. The summed E-state index contributed by atoms with van der Waals surface area (Å²) in [6.45, 7) is 2.94. The van der Waals surface area contributed by atoms with Crippen LogP contribution in [0, 0.1) is 12.8 Å². The zero-order valence-corrected chi connectivity index (χ0v) is 9.18. The molecule has 1 aromatic heterocycles. The van der Waals surface area contributed by atoms with E-state index in [9.17, 15) is 9.59 Å². The molecular weight excluding hydrogens is 208 g/mol. The van der Waals surface area contributed by atoms with E-state index in [1.165, 1.54) is 10.7 Å². The fourth-order valence-corrected chi connectivity index (χ4v) is 1.73. The summed E-state index contributed by atoms with van der Waals surface area (Å²) in [7, 11) is 0. The summed E-state index contributed by atoms with van der Waals surface area (Å²) in [5.41, 5.74) is 0.493. The van der Waals surface area contributed by atoms with Crippen molar-refractivity contribution in [2.45, 2.75) is 19.9 Å². The predicted molar refractivity (Wildman–Crippen MR) is 57.2 cm³/mol. The fourth-order valence-electron chi connectivity index (χ4n) is 1.73. The Morgan fingerprint density at radius 1 is 1.62 bits per heavy atom. The summed E-state index contributed by atoms with van der Waals surface area (Å²) in [5, 5.41) is 4.03. The van der Waals surface area contributed by atoms with Gasteiger partial charge in [-0.3, -0.25) is 9.59 Å². The van der Waals surface area contributed by atoms with Gasteiger partial charge in [-0.1, -0.05) is 0 Å². The molecule has 0 spiro atoms. The summed E-state index contributed by atoms with van der Waals surface area (Å²) in [5.74, 6) is -0.0492. The van der Waals surface area contributed by atoms with Crippen molar-refractivity contribution in [1.29, 1.82) is 0 Å². The summed E-state index contributed by atoms with van der Waals surface area (Å²) in [6, 6.07) is 3.07. The Bertz CT molecular complexity index is 447. The minimum Gasteiger partial charge on any atom is -0.381 e. The number of ketones is 1. The normalized spacial score (nSPS) is 19.9. The first-order chi connectivity index (χ1) is 7.66. The maximum Gasteiger partial charge on any atom is 0.267 e. The van der Waals surface area contributed by atoms with Crippen LogP contribution in [0.1, 0.15) is 12.1 Å². The van der Waals surface area contributed by atoms with Crippen molar-refractivity contribution < 1.29 is 9.53 Å². The molecule has 1 aliphatic rings. The monoisotopic (exact) mass is 222 g/mol. The number of carbonyl (C=O) groups is 1. The van der Waals surface area contributed by atoms with E-state index in [-0.39, 0.29) is 23.8 Å². The zero-order chi connectivity index (χ0) is 11.5. The SMILES string of the molecule is Cc1ccc(=O)n(CC(=O)C2CCOC2)n1. The second-order valence-corrected chi connectivity index (χ2v) is 4.00. The Labute approximate surface area is 93.0 Å². The number of Topliss-reactive ketones (excluding diaryl/α,β-unsaturated/α-hetero) is 1. The highest BCUT2D eigenvalue weighted by Crippen LogP contribution is 2.13. The van der Waals surface area contributed by atoms with Crippen molar-refractivity contribution >= 4 is 5.78 Å². The van der Waals surface area contributed by atoms with E-state index in [1.807, 2.05) is 0 Å². The molecule has 1 aliphatic heterocycles. The minimum atomic E-state index is -0.238. The molecule has 0 bridgehead atoms. The Morgan fingerprint density at radius 3 is 3.12 bits per heavy atom. The van der Waals surface area contributed by atoms with Gasteiger partial charge in [0.05, 0.1) is 12.3 Å². The van der Waals surface area contributed by atoms with E-state index >= 15 is 0 Å². The van der Waals surface area contributed by atoms with Gasteiger partial charge < -0.3 is 4.74 Å². The Balaban J connectivity index is 2.11. The highest BCUT2D eigenvalue weighted by Gasteiger charge is 2.23. The van der Waals surface area contributed by atoms with Crippen LogP contribution in [0.5, 0.6) is 0 Å². The van der Waals surface area contributed by atoms with Gasteiger partial charge in [0.25, 0.3) is 5.56 Å². The van der Waals surface area contributed by atoms with Gasteiger partial charge in [0.1, 0.15) is 6.54 Å². The molecule has 16 heavy (non-hydrogen) atoms. The van der Waals surface area contributed by atoms with Gasteiger partial charge >= 0.3 is 0 Å². The Morgan fingerprint density at radius 2 is 2.44 bits per heavy atom. The number of hydrogen-bond acceptors (Lipinski definition) is 4. The lowest BCUT2D eigenvalue weighted by Crippen LogP contribution is -2.29. The average molecular weight is 222 g/mol. The predicted octanol–water partition coefficient (Wildman–Crippen LogP) is 0.157. The average Bonchev–Trinajstić information content (AvgIpc) is 2.76. The number of rotatable bonds is 3. The van der Waals surface area contributed by atoms with E-state index < -0.39 is 0 Å². The van der Waals surface area contributed by atoms with Crippen LogP contribution >= 0.6 is 0 Å². The standard InChI is InChI=1S/C11H14N2O3/c1-8-2-3-11(15)13(12-8)6-10(14)9-4-5-16-7-9/h2-3,9H,4-7H2,1H3. The van der Waals surface area contributed by atoms with Crippen molar-refractivity contribution in [1.82, 2.24) is 9.78 Å². The molecule has 5 heteroatoms. The van der Waals surface area contributed by atoms with E-state index in [0.717, 1.165) is 12.1 Å². The molecule has 2 rings (SSSR count). The Kier molecular flexibility index (Phi) is 3.14. The Hall–Kier alpha value is -1.49. The maximum atomic E-state index is 11.8. The van der Waals surface area contributed by atoms with Crippen molar-refractivity contribution in [2.75, 3.05) is 13.2 Å². The van der Waals surface area contributed by atoms with Gasteiger partial charge in [-0.2, -0.15) is 5.10 Å². The van der Waals surface area contributed by atoms with Gasteiger partial charge in [-0.05, 0) is 19.4 Å². The van der Waals surface area contributed by atoms with E-state index in [1.54, 1.807) is 13.0 Å². The lowest BCUT2D eigenvalue weighted by Gasteiger charge is -2.07. The third-order valence-electron chi connectivity index (χ3n) is 2.69. The molecule has 2 heterocycles. The molecule has 0 aliphatic carbocycles. The summed E-state index contributed by atoms with van der Waals surface area (Å²) in [4.78, 5) is 23.2. The van der Waals surface area contributed by atoms with Gasteiger partial charge in [-0.25, -0.2) is 4.68 Å². The third kappa shape index (κ3) is 2.36. The summed E-state index contributed by atoms with van der Waals surface area (Å²) >= 11 is 0. The molecule has 5 nitrogen and oxygen atoms in total. The van der Waals surface area contributed by atoms with Crippen molar-refractivity contribution in [3.05, 3.63) is 28.2 Å². The lowest BCUT2D eigenvalue weighted by atomic mass is 10.0. The molecule has 0 aromatic carbocycles. The van der Waals surface area contributed by atoms with Crippen LogP contribution in [-0.4, -0.2) is 28.8 Å². The highest BCUT2D eigenvalue weighted by molar-refractivity contribution is 5.81. The molecule has 1 atom stereocenters. The van der Waals surface area contributed by atoms with Crippen LogP contribution in [0.15, 0.2) is 16.9 Å². The number of nitrogens with zero attached hydrogens (tertiary/aromatic N) is 2. The topological polar surface area (TPSA) is 61.2 Å².